The number of rotatable bonds is 5. The molecule has 3 aromatic heterocycles. The van der Waals surface area contributed by atoms with Gasteiger partial charge < -0.3 is 14.4 Å². The van der Waals surface area contributed by atoms with Crippen molar-refractivity contribution in [3.05, 3.63) is 93.9 Å². The highest BCUT2D eigenvalue weighted by Crippen LogP contribution is 2.23. The summed E-state index contributed by atoms with van der Waals surface area (Å²) in [5.74, 6) is -1.37. The fourth-order valence-corrected chi connectivity index (χ4v) is 3.78. The fraction of sp³-hybridized carbons (Fsp3) is 0.115. The van der Waals surface area contributed by atoms with Gasteiger partial charge in [0, 0.05) is 23.1 Å². The first-order valence-corrected chi connectivity index (χ1v) is 11.0. The van der Waals surface area contributed by atoms with Gasteiger partial charge in [-0.15, -0.1) is 0 Å². The van der Waals surface area contributed by atoms with Crippen LogP contribution in [-0.4, -0.2) is 25.6 Å². The predicted octanol–water partition coefficient (Wildman–Crippen LogP) is 4.65. The number of nitrogens with one attached hydrogen (secondary N) is 1. The monoisotopic (exact) mass is 487 g/mol. The Bertz CT molecular complexity index is 1690. The first kappa shape index (κ1) is 23.0. The molecule has 0 aliphatic rings. The Balaban J connectivity index is 1.56. The van der Waals surface area contributed by atoms with E-state index in [1.165, 1.54) is 41.1 Å². The maximum atomic E-state index is 13.7. The lowest BCUT2D eigenvalue weighted by Gasteiger charge is -2.13. The van der Waals surface area contributed by atoms with Gasteiger partial charge >= 0.3 is 0 Å². The number of aromatic nitrogens is 4. The third-order valence-corrected chi connectivity index (χ3v) is 5.59. The third kappa shape index (κ3) is 4.48. The van der Waals surface area contributed by atoms with E-state index >= 15 is 0 Å². The lowest BCUT2D eigenvalue weighted by atomic mass is 10.1. The minimum absolute atomic E-state index is 0.0537. The van der Waals surface area contributed by atoms with Gasteiger partial charge in [-0.25, -0.2) is 13.8 Å². The molecule has 3 heterocycles. The topological polar surface area (TPSA) is 103 Å². The molecule has 0 unspecified atom stereocenters. The molecule has 0 atom stereocenters. The minimum Gasteiger partial charge on any atom is -0.333 e. The van der Waals surface area contributed by atoms with Crippen LogP contribution in [0.3, 0.4) is 0 Å². The molecular weight excluding hydrogens is 468 g/mol. The third-order valence-electron chi connectivity index (χ3n) is 5.59. The maximum absolute atomic E-state index is 13.7. The van der Waals surface area contributed by atoms with Crippen molar-refractivity contribution in [1.29, 1.82) is 0 Å². The second-order valence-corrected chi connectivity index (χ2v) is 8.26. The maximum Gasteiger partial charge on any atom is 0.263 e. The van der Waals surface area contributed by atoms with Crippen LogP contribution in [0.5, 0.6) is 0 Å². The van der Waals surface area contributed by atoms with Gasteiger partial charge in [0.05, 0.1) is 5.39 Å². The van der Waals surface area contributed by atoms with Gasteiger partial charge in [0.1, 0.15) is 29.4 Å². The van der Waals surface area contributed by atoms with Gasteiger partial charge in [-0.2, -0.15) is 4.98 Å². The van der Waals surface area contributed by atoms with Gasteiger partial charge in [-0.3, -0.25) is 9.59 Å². The molecule has 1 amide bonds. The van der Waals surface area contributed by atoms with Crippen LogP contribution >= 0.6 is 0 Å². The Kier molecular flexibility index (Phi) is 5.85. The van der Waals surface area contributed by atoms with Crippen LogP contribution in [0.4, 0.5) is 14.5 Å². The van der Waals surface area contributed by atoms with Crippen molar-refractivity contribution in [2.75, 3.05) is 5.32 Å². The summed E-state index contributed by atoms with van der Waals surface area (Å²) in [6.45, 7) is 3.29. The molecule has 0 aliphatic carbocycles. The number of benzene rings is 2. The molecule has 0 aliphatic heterocycles. The summed E-state index contributed by atoms with van der Waals surface area (Å²) in [6.07, 6.45) is 1.41. The van der Waals surface area contributed by atoms with E-state index < -0.39 is 23.0 Å². The normalized spacial score (nSPS) is 11.1. The lowest BCUT2D eigenvalue weighted by Crippen LogP contribution is -2.22. The number of halogens is 2. The number of fused-ring (bicyclic) bond motifs is 1. The molecular formula is C26H19F2N5O3. The van der Waals surface area contributed by atoms with Gasteiger partial charge in [0.15, 0.2) is 0 Å². The molecule has 0 spiro atoms. The van der Waals surface area contributed by atoms with Crippen molar-refractivity contribution in [3.8, 4) is 22.8 Å². The number of hydrogen-bond acceptors (Lipinski definition) is 6. The zero-order chi connectivity index (χ0) is 25.4. The van der Waals surface area contributed by atoms with E-state index in [9.17, 15) is 18.4 Å². The molecule has 5 aromatic rings. The Morgan fingerprint density at radius 3 is 2.64 bits per heavy atom. The summed E-state index contributed by atoms with van der Waals surface area (Å²) >= 11 is 0. The number of aryl methyl sites for hydroxylation is 2. The van der Waals surface area contributed by atoms with E-state index in [-0.39, 0.29) is 29.2 Å². The van der Waals surface area contributed by atoms with Crippen molar-refractivity contribution in [2.24, 2.45) is 0 Å². The second kappa shape index (κ2) is 9.14. The number of pyridine rings is 2. The van der Waals surface area contributed by atoms with E-state index in [2.05, 4.69) is 20.4 Å². The summed E-state index contributed by atoms with van der Waals surface area (Å²) in [4.78, 5) is 34.9. The molecule has 8 nitrogen and oxygen atoms in total. The number of carbonyl (C=O) groups is 1. The van der Waals surface area contributed by atoms with Crippen molar-refractivity contribution in [1.82, 2.24) is 19.7 Å². The Morgan fingerprint density at radius 1 is 1.03 bits per heavy atom. The van der Waals surface area contributed by atoms with E-state index in [1.54, 1.807) is 38.1 Å². The summed E-state index contributed by atoms with van der Waals surface area (Å²) in [5.41, 5.74) is 2.00. The SMILES string of the molecule is Cc1ccc2c(=O)c(-c3nc(-c4cccc(F)c4)no3)cn(CC(=O)Nc3cc(F)ccc3C)c2n1. The molecule has 36 heavy (non-hydrogen) atoms. The van der Waals surface area contributed by atoms with Crippen LogP contribution < -0.4 is 10.7 Å². The van der Waals surface area contributed by atoms with Crippen molar-refractivity contribution in [2.45, 2.75) is 20.4 Å². The second-order valence-electron chi connectivity index (χ2n) is 8.26. The van der Waals surface area contributed by atoms with E-state index in [4.69, 9.17) is 4.52 Å². The van der Waals surface area contributed by atoms with E-state index in [1.807, 2.05) is 0 Å². The number of carbonyl (C=O) groups excluding carboxylic acids is 1. The smallest absolute Gasteiger partial charge is 0.263 e. The highest BCUT2D eigenvalue weighted by atomic mass is 19.1. The Morgan fingerprint density at radius 2 is 1.83 bits per heavy atom. The average Bonchev–Trinajstić information content (AvgIpc) is 3.33. The molecule has 10 heteroatoms. The molecule has 0 fully saturated rings. The molecule has 180 valence electrons. The van der Waals surface area contributed by atoms with Crippen LogP contribution in [0.15, 0.2) is 70.1 Å². The predicted molar refractivity (Wildman–Crippen MR) is 129 cm³/mol. The number of nitrogens with zero attached hydrogens (tertiary/aromatic N) is 4. The zero-order valence-corrected chi connectivity index (χ0v) is 19.3. The van der Waals surface area contributed by atoms with Gasteiger partial charge in [0.25, 0.3) is 5.89 Å². The highest BCUT2D eigenvalue weighted by Gasteiger charge is 2.19. The Hall–Kier alpha value is -4.73. The largest absolute Gasteiger partial charge is 0.333 e. The number of amides is 1. The van der Waals surface area contributed by atoms with Crippen molar-refractivity contribution < 1.29 is 18.1 Å². The van der Waals surface area contributed by atoms with Crippen molar-refractivity contribution >= 4 is 22.6 Å². The minimum atomic E-state index is -0.477. The van der Waals surface area contributed by atoms with Gasteiger partial charge in [-0.1, -0.05) is 23.4 Å². The standard InChI is InChI=1S/C26H19F2N5O3/c1-14-6-8-18(28)11-21(14)30-22(34)13-33-12-20(23(35)19-9-7-15(2)29-25(19)33)26-31-24(32-36-26)16-4-3-5-17(27)10-16/h3-12H,13H2,1-2H3,(H,30,34). The quantitative estimate of drug-likeness (QED) is 0.387. The molecule has 0 saturated heterocycles. The summed E-state index contributed by atoms with van der Waals surface area (Å²) in [7, 11) is 0. The summed E-state index contributed by atoms with van der Waals surface area (Å²) in [6, 6.07) is 13.1. The molecule has 1 N–H and O–H groups in total. The van der Waals surface area contributed by atoms with Crippen LogP contribution in [0.25, 0.3) is 33.9 Å². The first-order chi connectivity index (χ1) is 17.3. The van der Waals surface area contributed by atoms with Crippen molar-refractivity contribution in [3.63, 3.8) is 0 Å². The molecule has 0 saturated carbocycles. The lowest BCUT2D eigenvalue weighted by molar-refractivity contribution is -0.116. The molecule has 0 radical (unpaired) electrons. The fourth-order valence-electron chi connectivity index (χ4n) is 3.78. The Labute approximate surface area is 203 Å². The number of hydrogen-bond donors (Lipinski definition) is 1. The van der Waals surface area contributed by atoms with Gasteiger partial charge in [0.2, 0.25) is 17.2 Å². The molecule has 2 aromatic carbocycles. The average molecular weight is 487 g/mol. The van der Waals surface area contributed by atoms with Gasteiger partial charge in [-0.05, 0) is 55.8 Å². The van der Waals surface area contributed by atoms with Crippen LogP contribution in [-0.2, 0) is 11.3 Å². The summed E-state index contributed by atoms with van der Waals surface area (Å²) < 4.78 is 34.1. The van der Waals surface area contributed by atoms with Crippen LogP contribution in [0.2, 0.25) is 0 Å². The molecule has 5 rings (SSSR count). The van der Waals surface area contributed by atoms with E-state index in [0.29, 0.717) is 28.2 Å². The number of anilines is 1. The van der Waals surface area contributed by atoms with E-state index in [0.717, 1.165) is 0 Å². The molecule has 0 bridgehead atoms. The highest BCUT2D eigenvalue weighted by molar-refractivity contribution is 5.92. The van der Waals surface area contributed by atoms with Crippen LogP contribution in [0, 0.1) is 25.5 Å². The van der Waals surface area contributed by atoms with Crippen LogP contribution in [0.1, 0.15) is 11.3 Å². The first-order valence-electron chi connectivity index (χ1n) is 11.0. The summed E-state index contributed by atoms with van der Waals surface area (Å²) in [5, 5.41) is 6.81. The zero-order valence-electron chi connectivity index (χ0n) is 19.3.